The first-order valence-electron chi connectivity index (χ1n) is 7.91. The van der Waals surface area contributed by atoms with Gasteiger partial charge in [0.2, 0.25) is 0 Å². The molecule has 0 aliphatic heterocycles. The second kappa shape index (κ2) is 5.98. The number of nitrogens with zero attached hydrogens (tertiary/aromatic N) is 1. The molecule has 0 saturated carbocycles. The van der Waals surface area contributed by atoms with Crippen molar-refractivity contribution in [1.82, 2.24) is 10.3 Å². The lowest BCUT2D eigenvalue weighted by Gasteiger charge is -2.25. The highest BCUT2D eigenvalue weighted by atomic mass is 16.3. The summed E-state index contributed by atoms with van der Waals surface area (Å²) in [7, 11) is 0. The number of hydrogen-bond acceptors (Lipinski definition) is 3. The summed E-state index contributed by atoms with van der Waals surface area (Å²) in [4.78, 5) is 4.78. The highest BCUT2D eigenvalue weighted by Gasteiger charge is 2.21. The van der Waals surface area contributed by atoms with Crippen molar-refractivity contribution in [2.24, 2.45) is 0 Å². The van der Waals surface area contributed by atoms with Crippen LogP contribution in [0, 0.1) is 0 Å². The Bertz CT molecular complexity index is 651. The average molecular weight is 300 g/mol. The smallest absolute Gasteiger partial charge is 0.109 e. The van der Waals surface area contributed by atoms with E-state index in [0.29, 0.717) is 6.54 Å². The lowest BCUT2D eigenvalue weighted by atomic mass is 9.89. The minimum atomic E-state index is -0.619. The summed E-state index contributed by atoms with van der Waals surface area (Å²) in [5, 5.41) is 16.2. The van der Waals surface area contributed by atoms with Crippen LogP contribution in [0.5, 0.6) is 0 Å². The molecule has 0 aliphatic rings. The lowest BCUT2D eigenvalue weighted by molar-refractivity contribution is 0.160. The van der Waals surface area contributed by atoms with Crippen LogP contribution in [0.4, 0.5) is 0 Å². The molecule has 2 N–H and O–H groups in total. The number of rotatable bonds is 3. The van der Waals surface area contributed by atoms with Crippen molar-refractivity contribution in [3.63, 3.8) is 0 Å². The van der Waals surface area contributed by atoms with Crippen LogP contribution in [-0.4, -0.2) is 22.2 Å². The molecule has 3 heteroatoms. The minimum Gasteiger partial charge on any atom is -0.385 e. The molecule has 0 amide bonds. The van der Waals surface area contributed by atoms with Gasteiger partial charge in [0, 0.05) is 28.6 Å². The number of aliphatic hydroxyl groups is 1. The zero-order chi connectivity index (χ0) is 16.5. The van der Waals surface area contributed by atoms with Gasteiger partial charge < -0.3 is 10.4 Å². The van der Waals surface area contributed by atoms with Gasteiger partial charge in [0.1, 0.15) is 6.10 Å². The molecule has 0 bridgehead atoms. The molecule has 0 radical (unpaired) electrons. The van der Waals surface area contributed by atoms with Crippen LogP contribution < -0.4 is 5.32 Å². The zero-order valence-corrected chi connectivity index (χ0v) is 14.6. The van der Waals surface area contributed by atoms with Crippen molar-refractivity contribution in [3.8, 4) is 0 Å². The number of benzene rings is 1. The number of pyridine rings is 1. The van der Waals surface area contributed by atoms with Gasteiger partial charge in [-0.1, -0.05) is 45.0 Å². The Morgan fingerprint density at radius 2 is 1.73 bits per heavy atom. The number of nitrogens with one attached hydrogen (secondary N) is 1. The van der Waals surface area contributed by atoms with E-state index in [1.807, 2.05) is 18.2 Å². The molecule has 0 spiro atoms. The van der Waals surface area contributed by atoms with Gasteiger partial charge in [-0.15, -0.1) is 0 Å². The Labute approximate surface area is 133 Å². The second-order valence-electron chi connectivity index (χ2n) is 8.01. The number of aliphatic hydroxyl groups excluding tert-OH is 1. The fourth-order valence-corrected chi connectivity index (χ4v) is 2.36. The van der Waals surface area contributed by atoms with Crippen molar-refractivity contribution in [1.29, 1.82) is 0 Å². The molecule has 2 rings (SSSR count). The summed E-state index contributed by atoms with van der Waals surface area (Å²) in [5.74, 6) is 0. The van der Waals surface area contributed by atoms with E-state index >= 15 is 0 Å². The van der Waals surface area contributed by atoms with E-state index in [1.165, 1.54) is 0 Å². The van der Waals surface area contributed by atoms with Gasteiger partial charge in [-0.25, -0.2) is 0 Å². The van der Waals surface area contributed by atoms with Crippen molar-refractivity contribution < 1.29 is 5.11 Å². The van der Waals surface area contributed by atoms with Gasteiger partial charge in [-0.05, 0) is 32.2 Å². The summed E-state index contributed by atoms with van der Waals surface area (Å²) in [6.45, 7) is 13.2. The van der Waals surface area contributed by atoms with Gasteiger partial charge in [-0.2, -0.15) is 0 Å². The molecule has 1 aromatic carbocycles. The Morgan fingerprint density at radius 3 is 2.32 bits per heavy atom. The third-order valence-corrected chi connectivity index (χ3v) is 3.68. The molecule has 0 unspecified atom stereocenters. The maximum absolute atomic E-state index is 10.6. The van der Waals surface area contributed by atoms with E-state index < -0.39 is 6.10 Å². The van der Waals surface area contributed by atoms with Gasteiger partial charge in [0.25, 0.3) is 0 Å². The molecule has 0 fully saturated rings. The van der Waals surface area contributed by atoms with E-state index in [0.717, 1.165) is 22.2 Å². The van der Waals surface area contributed by atoms with Crippen LogP contribution in [-0.2, 0) is 5.41 Å². The van der Waals surface area contributed by atoms with Gasteiger partial charge in [0.15, 0.2) is 0 Å². The van der Waals surface area contributed by atoms with Crippen LogP contribution in [0.2, 0.25) is 0 Å². The van der Waals surface area contributed by atoms with E-state index in [9.17, 15) is 5.11 Å². The van der Waals surface area contributed by atoms with Crippen LogP contribution in [0.15, 0.2) is 30.3 Å². The van der Waals surface area contributed by atoms with Crippen LogP contribution in [0.25, 0.3) is 10.8 Å². The predicted octanol–water partition coefficient (Wildman–Crippen LogP) is 3.95. The Kier molecular flexibility index (Phi) is 4.59. The molecule has 1 heterocycles. The monoisotopic (exact) mass is 300 g/mol. The first-order chi connectivity index (χ1) is 10.1. The van der Waals surface area contributed by atoms with E-state index in [2.05, 4.69) is 59.0 Å². The molecule has 3 nitrogen and oxygen atoms in total. The molecule has 120 valence electrons. The Morgan fingerprint density at radius 1 is 1.09 bits per heavy atom. The second-order valence-corrected chi connectivity index (χ2v) is 8.01. The zero-order valence-electron chi connectivity index (χ0n) is 14.6. The molecule has 0 saturated heterocycles. The van der Waals surface area contributed by atoms with Gasteiger partial charge >= 0.3 is 0 Å². The maximum Gasteiger partial charge on any atom is 0.109 e. The summed E-state index contributed by atoms with van der Waals surface area (Å²) >= 11 is 0. The molecule has 0 aliphatic carbocycles. The standard InChI is InChI=1S/C19H28N2O/c1-18(2,3)16-11-13-9-7-8-10-14(13)17(21-16)15(22)12-20-19(4,5)6/h7-11,15,20,22H,12H2,1-6H3/t15-/m0/s1. The van der Waals surface area contributed by atoms with Crippen LogP contribution >= 0.6 is 0 Å². The highest BCUT2D eigenvalue weighted by molar-refractivity contribution is 5.85. The molecule has 2 aromatic rings. The molecular formula is C19H28N2O. The fraction of sp³-hybridized carbons (Fsp3) is 0.526. The molecule has 1 atom stereocenters. The lowest BCUT2D eigenvalue weighted by Crippen LogP contribution is -2.38. The average Bonchev–Trinajstić information content (AvgIpc) is 2.41. The van der Waals surface area contributed by atoms with Crippen molar-refractivity contribution in [3.05, 3.63) is 41.7 Å². The number of aromatic nitrogens is 1. The van der Waals surface area contributed by atoms with Gasteiger partial charge in [0.05, 0.1) is 5.69 Å². The van der Waals surface area contributed by atoms with E-state index in [1.54, 1.807) is 0 Å². The van der Waals surface area contributed by atoms with Gasteiger partial charge in [-0.3, -0.25) is 4.98 Å². The quantitative estimate of drug-likeness (QED) is 0.902. The van der Waals surface area contributed by atoms with Crippen LogP contribution in [0.1, 0.15) is 59.0 Å². The summed E-state index contributed by atoms with van der Waals surface area (Å²) in [6, 6.07) is 10.3. The first kappa shape index (κ1) is 16.9. The normalized spacial score (nSPS) is 14.3. The number of fused-ring (bicyclic) bond motifs is 1. The summed E-state index contributed by atoms with van der Waals surface area (Å²) in [5.41, 5.74) is 1.70. The fourth-order valence-electron chi connectivity index (χ4n) is 2.36. The molecule has 22 heavy (non-hydrogen) atoms. The summed E-state index contributed by atoms with van der Waals surface area (Å²) in [6.07, 6.45) is -0.619. The Hall–Kier alpha value is -1.45. The van der Waals surface area contributed by atoms with Crippen molar-refractivity contribution in [2.75, 3.05) is 6.54 Å². The third-order valence-electron chi connectivity index (χ3n) is 3.68. The molecule has 1 aromatic heterocycles. The summed E-state index contributed by atoms with van der Waals surface area (Å²) < 4.78 is 0. The third kappa shape index (κ3) is 4.05. The van der Waals surface area contributed by atoms with E-state index in [-0.39, 0.29) is 11.0 Å². The first-order valence-corrected chi connectivity index (χ1v) is 7.91. The predicted molar refractivity (Wildman–Crippen MR) is 93.2 cm³/mol. The van der Waals surface area contributed by atoms with Crippen molar-refractivity contribution >= 4 is 10.8 Å². The Balaban J connectivity index is 2.46. The largest absolute Gasteiger partial charge is 0.385 e. The maximum atomic E-state index is 10.6. The molecular weight excluding hydrogens is 272 g/mol. The topological polar surface area (TPSA) is 45.1 Å². The number of hydrogen-bond donors (Lipinski definition) is 2. The SMILES string of the molecule is CC(C)(C)NC[C@H](O)c1nc(C(C)(C)C)cc2ccccc12. The van der Waals surface area contributed by atoms with E-state index in [4.69, 9.17) is 4.98 Å². The highest BCUT2D eigenvalue weighted by Crippen LogP contribution is 2.29. The minimum absolute atomic E-state index is 0.0293. The van der Waals surface area contributed by atoms with Crippen LogP contribution in [0.3, 0.4) is 0 Å². The van der Waals surface area contributed by atoms with Crippen molar-refractivity contribution in [2.45, 2.75) is 58.6 Å². The number of β-amino-alcohol motifs (C(OH)–C–C–N with tert-alkyl or cyclic N) is 1.